The number of halogens is 1. The highest BCUT2D eigenvalue weighted by molar-refractivity contribution is 8.00. The second-order valence-corrected chi connectivity index (χ2v) is 8.01. The first-order chi connectivity index (χ1) is 13.9. The summed E-state index contributed by atoms with van der Waals surface area (Å²) < 4.78 is 0. The molecule has 0 saturated carbocycles. The van der Waals surface area contributed by atoms with Gasteiger partial charge in [-0.25, -0.2) is 0 Å². The van der Waals surface area contributed by atoms with E-state index in [0.717, 1.165) is 21.7 Å². The molecule has 0 aliphatic carbocycles. The van der Waals surface area contributed by atoms with Crippen molar-refractivity contribution in [2.75, 3.05) is 16.4 Å². The summed E-state index contributed by atoms with van der Waals surface area (Å²) in [5.41, 5.74) is 4.03. The Kier molecular flexibility index (Phi) is 6.96. The maximum Gasteiger partial charge on any atom is 0.257 e. The van der Waals surface area contributed by atoms with Gasteiger partial charge in [0.1, 0.15) is 0 Å². The zero-order chi connectivity index (χ0) is 20.8. The minimum atomic E-state index is -0.289. The lowest BCUT2D eigenvalue weighted by molar-refractivity contribution is -0.113. The highest BCUT2D eigenvalue weighted by atomic mass is 35.5. The normalized spacial score (nSPS) is 10.4. The van der Waals surface area contributed by atoms with Crippen molar-refractivity contribution in [2.24, 2.45) is 0 Å². The van der Waals surface area contributed by atoms with Gasteiger partial charge in [0.2, 0.25) is 5.91 Å². The fourth-order valence-electron chi connectivity index (χ4n) is 2.81. The van der Waals surface area contributed by atoms with E-state index in [1.807, 2.05) is 50.2 Å². The van der Waals surface area contributed by atoms with Crippen molar-refractivity contribution >= 4 is 46.6 Å². The number of hydrogen-bond acceptors (Lipinski definition) is 3. The van der Waals surface area contributed by atoms with Gasteiger partial charge in [0.15, 0.2) is 0 Å². The zero-order valence-corrected chi connectivity index (χ0v) is 17.7. The first-order valence-corrected chi connectivity index (χ1v) is 10.4. The van der Waals surface area contributed by atoms with Crippen molar-refractivity contribution < 1.29 is 9.59 Å². The van der Waals surface area contributed by atoms with E-state index in [2.05, 4.69) is 10.6 Å². The standard InChI is InChI=1S/C23H21ClN2O2S/c1-15-11-12-19(16(2)13-15)25-22(27)14-29-21-10-6-5-9-20(21)26-23(28)17-7-3-4-8-18(17)24/h3-13H,14H2,1-2H3,(H,25,27)(H,26,28). The molecule has 0 atom stereocenters. The Hall–Kier alpha value is -2.76. The molecule has 4 nitrogen and oxygen atoms in total. The first-order valence-electron chi connectivity index (χ1n) is 9.09. The van der Waals surface area contributed by atoms with Gasteiger partial charge in [-0.05, 0) is 49.7 Å². The van der Waals surface area contributed by atoms with Crippen molar-refractivity contribution in [3.8, 4) is 0 Å². The number of carbonyl (C=O) groups excluding carboxylic acids is 2. The van der Waals surface area contributed by atoms with Crippen LogP contribution in [0.4, 0.5) is 11.4 Å². The van der Waals surface area contributed by atoms with Crippen LogP contribution < -0.4 is 10.6 Å². The van der Waals surface area contributed by atoms with E-state index in [1.54, 1.807) is 30.3 Å². The molecule has 0 spiro atoms. The van der Waals surface area contributed by atoms with Gasteiger partial charge in [-0.1, -0.05) is 53.6 Å². The molecule has 0 aromatic heterocycles. The monoisotopic (exact) mass is 424 g/mol. The Morgan fingerprint density at radius 2 is 1.62 bits per heavy atom. The van der Waals surface area contributed by atoms with Crippen LogP contribution in [0, 0.1) is 13.8 Å². The SMILES string of the molecule is Cc1ccc(NC(=O)CSc2ccccc2NC(=O)c2ccccc2Cl)c(C)c1. The van der Waals surface area contributed by atoms with E-state index < -0.39 is 0 Å². The van der Waals surface area contributed by atoms with E-state index in [4.69, 9.17) is 11.6 Å². The zero-order valence-electron chi connectivity index (χ0n) is 16.2. The van der Waals surface area contributed by atoms with Gasteiger partial charge in [-0.2, -0.15) is 0 Å². The summed E-state index contributed by atoms with van der Waals surface area (Å²) >= 11 is 7.47. The van der Waals surface area contributed by atoms with Gasteiger partial charge in [0, 0.05) is 10.6 Å². The summed E-state index contributed by atoms with van der Waals surface area (Å²) in [6, 6.07) is 20.2. The average molecular weight is 425 g/mol. The molecule has 0 radical (unpaired) electrons. The molecule has 3 rings (SSSR count). The molecular formula is C23H21ClN2O2S. The maximum absolute atomic E-state index is 12.5. The van der Waals surface area contributed by atoms with Crippen LogP contribution in [0.1, 0.15) is 21.5 Å². The molecule has 0 fully saturated rings. The summed E-state index contributed by atoms with van der Waals surface area (Å²) in [5.74, 6) is -0.163. The van der Waals surface area contributed by atoms with Crippen LogP contribution in [-0.2, 0) is 4.79 Å². The third-order valence-electron chi connectivity index (χ3n) is 4.27. The Morgan fingerprint density at radius 1 is 0.897 bits per heavy atom. The molecule has 148 valence electrons. The molecule has 0 aliphatic heterocycles. The van der Waals surface area contributed by atoms with E-state index in [0.29, 0.717) is 16.3 Å². The van der Waals surface area contributed by atoms with Gasteiger partial charge in [-0.15, -0.1) is 11.8 Å². The molecule has 3 aromatic carbocycles. The molecule has 29 heavy (non-hydrogen) atoms. The van der Waals surface area contributed by atoms with Crippen LogP contribution in [0.3, 0.4) is 0 Å². The molecule has 0 bridgehead atoms. The Labute approximate surface area is 179 Å². The predicted molar refractivity (Wildman–Crippen MR) is 121 cm³/mol. The van der Waals surface area contributed by atoms with E-state index >= 15 is 0 Å². The number of carbonyl (C=O) groups is 2. The molecule has 3 aromatic rings. The van der Waals surface area contributed by atoms with Crippen LogP contribution in [0.5, 0.6) is 0 Å². The molecule has 6 heteroatoms. The number of amides is 2. The Balaban J connectivity index is 1.65. The average Bonchev–Trinajstić information content (AvgIpc) is 2.70. The van der Waals surface area contributed by atoms with Gasteiger partial charge in [-0.3, -0.25) is 9.59 Å². The van der Waals surface area contributed by atoms with Crippen LogP contribution >= 0.6 is 23.4 Å². The minimum absolute atomic E-state index is 0.103. The van der Waals surface area contributed by atoms with Crippen molar-refractivity contribution in [3.05, 3.63) is 88.4 Å². The summed E-state index contributed by atoms with van der Waals surface area (Å²) in [6.07, 6.45) is 0. The van der Waals surface area contributed by atoms with Crippen molar-refractivity contribution in [2.45, 2.75) is 18.7 Å². The molecule has 0 aliphatic rings. The van der Waals surface area contributed by atoms with Crippen molar-refractivity contribution in [1.82, 2.24) is 0 Å². The Morgan fingerprint density at radius 3 is 2.38 bits per heavy atom. The molecule has 0 saturated heterocycles. The van der Waals surface area contributed by atoms with Crippen LogP contribution in [0.15, 0.2) is 71.6 Å². The number of rotatable bonds is 6. The van der Waals surface area contributed by atoms with Crippen molar-refractivity contribution in [3.63, 3.8) is 0 Å². The second-order valence-electron chi connectivity index (χ2n) is 6.59. The number of hydrogen-bond donors (Lipinski definition) is 2. The van der Waals surface area contributed by atoms with Crippen LogP contribution in [0.2, 0.25) is 5.02 Å². The molecule has 2 amide bonds. The molecule has 0 heterocycles. The lowest BCUT2D eigenvalue weighted by Gasteiger charge is -2.12. The first kappa shape index (κ1) is 21.0. The van der Waals surface area contributed by atoms with Crippen molar-refractivity contribution in [1.29, 1.82) is 0 Å². The number of nitrogens with one attached hydrogen (secondary N) is 2. The van der Waals surface area contributed by atoms with E-state index in [1.165, 1.54) is 11.8 Å². The summed E-state index contributed by atoms with van der Waals surface area (Å²) in [6.45, 7) is 3.98. The lowest BCUT2D eigenvalue weighted by Crippen LogP contribution is -2.16. The van der Waals surface area contributed by atoms with Gasteiger partial charge in [0.25, 0.3) is 5.91 Å². The number of anilines is 2. The topological polar surface area (TPSA) is 58.2 Å². The number of aryl methyl sites for hydroxylation is 2. The third kappa shape index (κ3) is 5.62. The Bertz CT molecular complexity index is 1050. The quantitative estimate of drug-likeness (QED) is 0.481. The minimum Gasteiger partial charge on any atom is -0.325 e. The van der Waals surface area contributed by atoms with E-state index in [9.17, 15) is 9.59 Å². The largest absolute Gasteiger partial charge is 0.325 e. The highest BCUT2D eigenvalue weighted by Crippen LogP contribution is 2.28. The van der Waals surface area contributed by atoms with Gasteiger partial charge in [0.05, 0.1) is 22.0 Å². The highest BCUT2D eigenvalue weighted by Gasteiger charge is 2.13. The van der Waals surface area contributed by atoms with Gasteiger partial charge >= 0.3 is 0 Å². The molecule has 0 unspecified atom stereocenters. The van der Waals surface area contributed by atoms with Crippen LogP contribution in [0.25, 0.3) is 0 Å². The predicted octanol–water partition coefficient (Wildman–Crippen LogP) is 5.94. The third-order valence-corrected chi connectivity index (χ3v) is 5.67. The second kappa shape index (κ2) is 9.63. The fourth-order valence-corrected chi connectivity index (χ4v) is 3.84. The number of thioether (sulfide) groups is 1. The molecular weight excluding hydrogens is 404 g/mol. The maximum atomic E-state index is 12.5. The van der Waals surface area contributed by atoms with Gasteiger partial charge < -0.3 is 10.6 Å². The van der Waals surface area contributed by atoms with Crippen LogP contribution in [-0.4, -0.2) is 17.6 Å². The summed E-state index contributed by atoms with van der Waals surface area (Å²) in [4.78, 5) is 25.7. The fraction of sp³-hybridized carbons (Fsp3) is 0.130. The smallest absolute Gasteiger partial charge is 0.257 e. The lowest BCUT2D eigenvalue weighted by atomic mass is 10.1. The number of para-hydroxylation sites is 1. The molecule has 2 N–H and O–H groups in total. The van der Waals surface area contributed by atoms with E-state index in [-0.39, 0.29) is 17.6 Å². The summed E-state index contributed by atoms with van der Waals surface area (Å²) in [5, 5.41) is 6.21. The number of benzene rings is 3. The summed E-state index contributed by atoms with van der Waals surface area (Å²) in [7, 11) is 0.